The number of carbonyl (C=O) groups excluding carboxylic acids is 1. The summed E-state index contributed by atoms with van der Waals surface area (Å²) in [5.74, 6) is -0.125. The van der Waals surface area contributed by atoms with Crippen molar-refractivity contribution in [1.82, 2.24) is 0 Å². The fourth-order valence-electron chi connectivity index (χ4n) is 3.22. The molecule has 0 aromatic carbocycles. The molecule has 0 aliphatic heterocycles. The summed E-state index contributed by atoms with van der Waals surface area (Å²) in [6, 6.07) is 0. The Morgan fingerprint density at radius 1 is 0.947 bits per heavy atom. The van der Waals surface area contributed by atoms with Gasteiger partial charge in [-0.05, 0) is 29.5 Å². The summed E-state index contributed by atoms with van der Waals surface area (Å²) in [4.78, 5) is 11.0. The number of ether oxygens (including phenoxy) is 1. The fraction of sp³-hybridized carbons (Fsp3) is 0.933. The second-order valence-electron chi connectivity index (χ2n) is 6.20. The van der Waals surface area contributed by atoms with Gasteiger partial charge in [-0.2, -0.15) is 0 Å². The molecule has 4 heteroatoms. The van der Waals surface area contributed by atoms with Crippen molar-refractivity contribution in [2.75, 3.05) is 13.7 Å². The fourth-order valence-corrected chi connectivity index (χ4v) is 8.72. The van der Waals surface area contributed by atoms with E-state index in [-0.39, 0.29) is 5.97 Å². The predicted octanol–water partition coefficient (Wildman–Crippen LogP) is 4.52. The molecule has 0 atom stereocenters. The lowest BCUT2D eigenvalue weighted by Crippen LogP contribution is -2.47. The third kappa shape index (κ3) is 5.26. The maximum absolute atomic E-state index is 11.0. The van der Waals surface area contributed by atoms with E-state index in [0.29, 0.717) is 23.0 Å². The molecule has 0 radical (unpaired) electrons. The molecule has 0 saturated heterocycles. The van der Waals surface area contributed by atoms with Crippen LogP contribution >= 0.6 is 0 Å². The lowest BCUT2D eigenvalue weighted by molar-refractivity contribution is -0.140. The number of hydrogen-bond donors (Lipinski definition) is 0. The summed E-state index contributed by atoms with van der Waals surface area (Å²) in [7, 11) is -0.292. The summed E-state index contributed by atoms with van der Waals surface area (Å²) in [5, 5.41) is 0. The Bertz CT molecular complexity index is 240. The molecule has 0 bridgehead atoms. The highest BCUT2D eigenvalue weighted by atomic mass is 28.4. The van der Waals surface area contributed by atoms with Gasteiger partial charge in [0.1, 0.15) is 0 Å². The Balaban J connectivity index is 4.33. The second-order valence-corrected chi connectivity index (χ2v) is 11.7. The number of methoxy groups -OCH3 is 1. The van der Waals surface area contributed by atoms with Gasteiger partial charge in [-0.25, -0.2) is 0 Å². The van der Waals surface area contributed by atoms with Crippen molar-refractivity contribution >= 4 is 14.3 Å². The van der Waals surface area contributed by atoms with E-state index < -0.39 is 8.32 Å². The van der Waals surface area contributed by atoms with Crippen LogP contribution in [0.15, 0.2) is 0 Å². The first-order chi connectivity index (χ1) is 8.78. The molecule has 0 aromatic heterocycles. The quantitative estimate of drug-likeness (QED) is 0.355. The first-order valence-electron chi connectivity index (χ1n) is 7.49. The molecule has 114 valence electrons. The minimum atomic E-state index is -1.73. The van der Waals surface area contributed by atoms with E-state index in [9.17, 15) is 4.79 Å². The molecule has 19 heavy (non-hydrogen) atoms. The first kappa shape index (κ1) is 18.6. The summed E-state index contributed by atoms with van der Waals surface area (Å²) < 4.78 is 11.1. The second kappa shape index (κ2) is 8.75. The molecule has 0 N–H and O–H groups in total. The minimum absolute atomic E-state index is 0.125. The van der Waals surface area contributed by atoms with Crippen molar-refractivity contribution in [2.45, 2.75) is 77.4 Å². The average Bonchev–Trinajstić information content (AvgIpc) is 2.31. The van der Waals surface area contributed by atoms with E-state index in [1.54, 1.807) is 0 Å². The van der Waals surface area contributed by atoms with E-state index in [0.717, 1.165) is 19.4 Å². The molecule has 0 amide bonds. The number of rotatable bonds is 9. The highest BCUT2D eigenvalue weighted by molar-refractivity contribution is 6.77. The maximum atomic E-state index is 11.0. The highest BCUT2D eigenvalue weighted by Gasteiger charge is 2.44. The molecule has 0 aliphatic rings. The molecule has 0 aromatic rings. The molecule has 0 spiro atoms. The monoisotopic (exact) mass is 288 g/mol. The first-order valence-corrected chi connectivity index (χ1v) is 9.63. The van der Waals surface area contributed by atoms with Crippen LogP contribution in [0.4, 0.5) is 0 Å². The highest BCUT2D eigenvalue weighted by Crippen LogP contribution is 2.42. The number of esters is 1. The largest absolute Gasteiger partial charge is 0.469 e. The third-order valence-electron chi connectivity index (χ3n) is 4.06. The van der Waals surface area contributed by atoms with Crippen LogP contribution < -0.4 is 0 Å². The molecule has 0 saturated carbocycles. The van der Waals surface area contributed by atoms with Crippen molar-refractivity contribution in [3.05, 3.63) is 0 Å². The van der Waals surface area contributed by atoms with Gasteiger partial charge in [-0.3, -0.25) is 4.79 Å². The van der Waals surface area contributed by atoms with Gasteiger partial charge in [0.05, 0.1) is 7.11 Å². The SMILES string of the molecule is COC(=O)CCCCO[Si](C(C)C)(C(C)C)C(C)C. The maximum Gasteiger partial charge on any atom is 0.305 e. The van der Waals surface area contributed by atoms with Gasteiger partial charge in [0, 0.05) is 13.0 Å². The van der Waals surface area contributed by atoms with E-state index >= 15 is 0 Å². The summed E-state index contributed by atoms with van der Waals surface area (Å²) in [5.41, 5.74) is 1.86. The van der Waals surface area contributed by atoms with Crippen molar-refractivity contribution < 1.29 is 14.0 Å². The lowest BCUT2D eigenvalue weighted by Gasteiger charge is -2.42. The van der Waals surface area contributed by atoms with Crippen LogP contribution in [0.3, 0.4) is 0 Å². The topological polar surface area (TPSA) is 35.5 Å². The Labute approximate surface area is 120 Å². The number of hydrogen-bond acceptors (Lipinski definition) is 3. The molecule has 3 nitrogen and oxygen atoms in total. The molecule has 0 unspecified atom stereocenters. The van der Waals surface area contributed by atoms with Crippen LogP contribution in [0.2, 0.25) is 16.6 Å². The zero-order chi connectivity index (χ0) is 15.1. The third-order valence-corrected chi connectivity index (χ3v) is 10.2. The summed E-state index contributed by atoms with van der Waals surface area (Å²) in [6.45, 7) is 14.5. The van der Waals surface area contributed by atoms with Crippen molar-refractivity contribution in [1.29, 1.82) is 0 Å². The summed E-state index contributed by atoms with van der Waals surface area (Å²) in [6.07, 6.45) is 2.29. The van der Waals surface area contributed by atoms with Crippen molar-refractivity contribution in [2.24, 2.45) is 0 Å². The van der Waals surface area contributed by atoms with Crippen LogP contribution in [0.5, 0.6) is 0 Å². The molecule has 0 aliphatic carbocycles. The standard InChI is InChI=1S/C15H32O3Si/c1-12(2)19(13(3)4,14(5)6)18-11-9-8-10-15(16)17-7/h12-14H,8-11H2,1-7H3. The Morgan fingerprint density at radius 3 is 1.79 bits per heavy atom. The Kier molecular flexibility index (Phi) is 8.58. The number of carbonyl (C=O) groups is 1. The van der Waals surface area contributed by atoms with E-state index in [1.807, 2.05) is 0 Å². The van der Waals surface area contributed by atoms with Crippen LogP contribution in [0.1, 0.15) is 60.8 Å². The molecular formula is C15H32O3Si. The van der Waals surface area contributed by atoms with Gasteiger partial charge in [0.15, 0.2) is 8.32 Å². The Morgan fingerprint density at radius 2 is 1.42 bits per heavy atom. The van der Waals surface area contributed by atoms with Gasteiger partial charge < -0.3 is 9.16 Å². The molecule has 0 fully saturated rings. The van der Waals surface area contributed by atoms with Gasteiger partial charge in [0.25, 0.3) is 0 Å². The van der Waals surface area contributed by atoms with Crippen LogP contribution in [-0.2, 0) is 14.0 Å². The van der Waals surface area contributed by atoms with Crippen LogP contribution in [-0.4, -0.2) is 28.0 Å². The van der Waals surface area contributed by atoms with E-state index in [2.05, 4.69) is 46.3 Å². The summed E-state index contributed by atoms with van der Waals surface area (Å²) >= 11 is 0. The van der Waals surface area contributed by atoms with Gasteiger partial charge >= 0.3 is 5.97 Å². The van der Waals surface area contributed by atoms with Gasteiger partial charge in [-0.1, -0.05) is 41.5 Å². The zero-order valence-corrected chi connectivity index (χ0v) is 14.8. The van der Waals surface area contributed by atoms with Crippen LogP contribution in [0.25, 0.3) is 0 Å². The van der Waals surface area contributed by atoms with E-state index in [1.165, 1.54) is 7.11 Å². The Hall–Kier alpha value is -0.353. The minimum Gasteiger partial charge on any atom is -0.469 e. The smallest absolute Gasteiger partial charge is 0.305 e. The lowest BCUT2D eigenvalue weighted by atomic mass is 10.2. The molecular weight excluding hydrogens is 256 g/mol. The van der Waals surface area contributed by atoms with Crippen molar-refractivity contribution in [3.8, 4) is 0 Å². The zero-order valence-electron chi connectivity index (χ0n) is 13.8. The molecule has 0 rings (SSSR count). The van der Waals surface area contributed by atoms with Crippen molar-refractivity contribution in [3.63, 3.8) is 0 Å². The molecule has 0 heterocycles. The number of unbranched alkanes of at least 4 members (excludes halogenated alkanes) is 1. The van der Waals surface area contributed by atoms with Gasteiger partial charge in [0.2, 0.25) is 0 Å². The predicted molar refractivity (Wildman–Crippen MR) is 82.9 cm³/mol. The van der Waals surface area contributed by atoms with E-state index in [4.69, 9.17) is 4.43 Å². The van der Waals surface area contributed by atoms with Gasteiger partial charge in [-0.15, -0.1) is 0 Å². The normalized spacial score (nSPS) is 12.5. The van der Waals surface area contributed by atoms with Crippen LogP contribution in [0, 0.1) is 0 Å². The average molecular weight is 289 g/mol.